The molecule has 0 saturated heterocycles. The van der Waals surface area contributed by atoms with Gasteiger partial charge in [-0.05, 0) is 31.4 Å². The smallest absolute Gasteiger partial charge is 0.407 e. The fraction of sp³-hybridized carbons (Fsp3) is 0.462. The summed E-state index contributed by atoms with van der Waals surface area (Å²) in [5.74, 6) is -0.225. The molecule has 2 amide bonds. The van der Waals surface area contributed by atoms with E-state index < -0.39 is 12.1 Å². The standard InChI is InChI=1S/C13H19N3O3/c1-10(16-13(18)19-2)12(17)15-8-4-6-11-5-3-7-14-9-11/h3,5,7,9-10H,4,6,8H2,1-2H3,(H,15,17)(H,16,18)/t10-/m1/s1. The fourth-order valence-corrected chi connectivity index (χ4v) is 1.50. The van der Waals surface area contributed by atoms with Gasteiger partial charge in [0.2, 0.25) is 5.91 Å². The summed E-state index contributed by atoms with van der Waals surface area (Å²) >= 11 is 0. The van der Waals surface area contributed by atoms with Crippen LogP contribution in [0.25, 0.3) is 0 Å². The second-order valence-corrected chi connectivity index (χ2v) is 4.11. The van der Waals surface area contributed by atoms with E-state index in [0.717, 1.165) is 18.4 Å². The molecule has 0 bridgehead atoms. The highest BCUT2D eigenvalue weighted by molar-refractivity contribution is 5.85. The molecule has 6 nitrogen and oxygen atoms in total. The summed E-state index contributed by atoms with van der Waals surface area (Å²) in [6.07, 6.45) is 4.60. The van der Waals surface area contributed by atoms with Crippen LogP contribution in [0.3, 0.4) is 0 Å². The Kier molecular flexibility index (Phi) is 6.35. The molecule has 104 valence electrons. The molecule has 1 rings (SSSR count). The molecule has 0 aliphatic carbocycles. The predicted molar refractivity (Wildman–Crippen MR) is 70.6 cm³/mol. The van der Waals surface area contributed by atoms with Gasteiger partial charge in [-0.1, -0.05) is 6.07 Å². The summed E-state index contributed by atoms with van der Waals surface area (Å²) in [5.41, 5.74) is 1.14. The van der Waals surface area contributed by atoms with Crippen LogP contribution in [-0.2, 0) is 16.0 Å². The van der Waals surface area contributed by atoms with Crippen LogP contribution < -0.4 is 10.6 Å². The Morgan fingerprint density at radius 1 is 1.47 bits per heavy atom. The van der Waals surface area contributed by atoms with Crippen LogP contribution in [0, 0.1) is 0 Å². The highest BCUT2D eigenvalue weighted by atomic mass is 16.5. The van der Waals surface area contributed by atoms with Gasteiger partial charge in [0, 0.05) is 18.9 Å². The van der Waals surface area contributed by atoms with Gasteiger partial charge in [-0.25, -0.2) is 4.79 Å². The van der Waals surface area contributed by atoms with Gasteiger partial charge in [0.1, 0.15) is 6.04 Å². The van der Waals surface area contributed by atoms with Gasteiger partial charge in [-0.3, -0.25) is 9.78 Å². The van der Waals surface area contributed by atoms with Crippen molar-refractivity contribution in [2.24, 2.45) is 0 Å². The number of carbonyl (C=O) groups is 2. The lowest BCUT2D eigenvalue weighted by Crippen LogP contribution is -2.45. The lowest BCUT2D eigenvalue weighted by atomic mass is 10.1. The van der Waals surface area contributed by atoms with Crippen LogP contribution in [-0.4, -0.2) is 36.7 Å². The van der Waals surface area contributed by atoms with Gasteiger partial charge >= 0.3 is 6.09 Å². The number of ether oxygens (including phenoxy) is 1. The lowest BCUT2D eigenvalue weighted by Gasteiger charge is -2.13. The average Bonchev–Trinajstić information content (AvgIpc) is 2.44. The number of amides is 2. The minimum Gasteiger partial charge on any atom is -0.453 e. The largest absolute Gasteiger partial charge is 0.453 e. The number of aryl methyl sites for hydroxylation is 1. The van der Waals surface area contributed by atoms with Crippen molar-refractivity contribution in [3.05, 3.63) is 30.1 Å². The summed E-state index contributed by atoms with van der Waals surface area (Å²) < 4.78 is 4.42. The summed E-state index contributed by atoms with van der Waals surface area (Å²) in [7, 11) is 1.26. The molecule has 0 fully saturated rings. The highest BCUT2D eigenvalue weighted by Crippen LogP contribution is 1.99. The van der Waals surface area contributed by atoms with Crippen LogP contribution in [0.2, 0.25) is 0 Å². The predicted octanol–water partition coefficient (Wildman–Crippen LogP) is 0.875. The third-order valence-corrected chi connectivity index (χ3v) is 2.58. The van der Waals surface area contributed by atoms with E-state index in [1.807, 2.05) is 18.3 Å². The molecule has 1 heterocycles. The van der Waals surface area contributed by atoms with Crippen LogP contribution in [0.4, 0.5) is 4.79 Å². The van der Waals surface area contributed by atoms with E-state index in [2.05, 4.69) is 20.4 Å². The molecule has 2 N–H and O–H groups in total. The molecule has 0 aliphatic heterocycles. The van der Waals surface area contributed by atoms with Crippen LogP contribution in [0.15, 0.2) is 24.5 Å². The van der Waals surface area contributed by atoms with Crippen LogP contribution in [0.1, 0.15) is 18.9 Å². The molecule has 0 aliphatic rings. The Hall–Kier alpha value is -2.11. The van der Waals surface area contributed by atoms with E-state index in [1.165, 1.54) is 7.11 Å². The Labute approximate surface area is 112 Å². The Balaban J connectivity index is 2.18. The molecule has 0 aromatic carbocycles. The number of alkyl carbamates (subject to hydrolysis) is 1. The van der Waals surface area contributed by atoms with Crippen molar-refractivity contribution in [3.63, 3.8) is 0 Å². The minimum absolute atomic E-state index is 0.225. The number of carbonyl (C=O) groups excluding carboxylic acids is 2. The van der Waals surface area contributed by atoms with Gasteiger partial charge in [0.15, 0.2) is 0 Å². The van der Waals surface area contributed by atoms with E-state index in [-0.39, 0.29) is 5.91 Å². The van der Waals surface area contributed by atoms with E-state index in [4.69, 9.17) is 0 Å². The third kappa shape index (κ3) is 5.85. The summed E-state index contributed by atoms with van der Waals surface area (Å²) in [5, 5.41) is 5.16. The number of methoxy groups -OCH3 is 1. The Morgan fingerprint density at radius 2 is 2.26 bits per heavy atom. The number of rotatable bonds is 6. The minimum atomic E-state index is -0.613. The van der Waals surface area contributed by atoms with Crippen molar-refractivity contribution in [1.29, 1.82) is 0 Å². The van der Waals surface area contributed by atoms with Crippen molar-refractivity contribution in [2.45, 2.75) is 25.8 Å². The lowest BCUT2D eigenvalue weighted by molar-refractivity contribution is -0.122. The maximum atomic E-state index is 11.6. The van der Waals surface area contributed by atoms with Gasteiger partial charge in [0.25, 0.3) is 0 Å². The number of hydrogen-bond acceptors (Lipinski definition) is 4. The number of hydrogen-bond donors (Lipinski definition) is 2. The third-order valence-electron chi connectivity index (χ3n) is 2.58. The van der Waals surface area contributed by atoms with Gasteiger partial charge < -0.3 is 15.4 Å². The summed E-state index contributed by atoms with van der Waals surface area (Å²) in [6.45, 7) is 2.16. The second-order valence-electron chi connectivity index (χ2n) is 4.11. The quantitative estimate of drug-likeness (QED) is 0.748. The zero-order valence-corrected chi connectivity index (χ0v) is 11.2. The van der Waals surface area contributed by atoms with E-state index in [9.17, 15) is 9.59 Å². The first-order chi connectivity index (χ1) is 9.13. The highest BCUT2D eigenvalue weighted by Gasteiger charge is 2.14. The normalized spacial score (nSPS) is 11.5. The summed E-state index contributed by atoms with van der Waals surface area (Å²) in [6, 6.07) is 3.28. The maximum Gasteiger partial charge on any atom is 0.407 e. The number of aromatic nitrogens is 1. The van der Waals surface area contributed by atoms with E-state index in [0.29, 0.717) is 6.54 Å². The maximum absolute atomic E-state index is 11.6. The molecule has 0 saturated carbocycles. The second kappa shape index (κ2) is 8.07. The first kappa shape index (κ1) is 14.9. The molecule has 1 atom stereocenters. The SMILES string of the molecule is COC(=O)N[C@H](C)C(=O)NCCCc1cccnc1. The molecule has 6 heteroatoms. The fourth-order valence-electron chi connectivity index (χ4n) is 1.50. The van der Waals surface area contributed by atoms with Crippen LogP contribution >= 0.6 is 0 Å². The summed E-state index contributed by atoms with van der Waals surface area (Å²) in [4.78, 5) is 26.6. The Morgan fingerprint density at radius 3 is 2.89 bits per heavy atom. The zero-order chi connectivity index (χ0) is 14.1. The van der Waals surface area contributed by atoms with Gasteiger partial charge in [-0.2, -0.15) is 0 Å². The topological polar surface area (TPSA) is 80.3 Å². The number of pyridine rings is 1. The van der Waals surface area contributed by atoms with Crippen molar-refractivity contribution in [3.8, 4) is 0 Å². The first-order valence-electron chi connectivity index (χ1n) is 6.14. The van der Waals surface area contributed by atoms with Crippen molar-refractivity contribution in [1.82, 2.24) is 15.6 Å². The molecule has 0 radical (unpaired) electrons. The van der Waals surface area contributed by atoms with Crippen molar-refractivity contribution >= 4 is 12.0 Å². The van der Waals surface area contributed by atoms with Crippen molar-refractivity contribution < 1.29 is 14.3 Å². The molecule has 19 heavy (non-hydrogen) atoms. The van der Waals surface area contributed by atoms with Gasteiger partial charge in [-0.15, -0.1) is 0 Å². The molecular weight excluding hydrogens is 246 g/mol. The van der Waals surface area contributed by atoms with E-state index in [1.54, 1.807) is 13.1 Å². The number of nitrogens with zero attached hydrogens (tertiary/aromatic N) is 1. The van der Waals surface area contributed by atoms with E-state index >= 15 is 0 Å². The first-order valence-corrected chi connectivity index (χ1v) is 6.14. The monoisotopic (exact) mass is 265 g/mol. The molecule has 0 unspecified atom stereocenters. The molecule has 1 aromatic rings. The van der Waals surface area contributed by atoms with Crippen LogP contribution in [0.5, 0.6) is 0 Å². The molecular formula is C13H19N3O3. The Bertz CT molecular complexity index is 409. The number of nitrogens with one attached hydrogen (secondary N) is 2. The molecule has 1 aromatic heterocycles. The van der Waals surface area contributed by atoms with Gasteiger partial charge in [0.05, 0.1) is 7.11 Å². The average molecular weight is 265 g/mol. The van der Waals surface area contributed by atoms with Crippen molar-refractivity contribution in [2.75, 3.05) is 13.7 Å². The molecule has 0 spiro atoms. The zero-order valence-electron chi connectivity index (χ0n) is 11.2.